The first-order chi connectivity index (χ1) is 14.2. The number of nitrogens with zero attached hydrogens (tertiary/aromatic N) is 2. The molecule has 4 heteroatoms. The van der Waals surface area contributed by atoms with Crippen LogP contribution in [0.25, 0.3) is 21.5 Å². The first-order valence-electron chi connectivity index (χ1n) is 10.2. The van der Waals surface area contributed by atoms with Gasteiger partial charge in [0.15, 0.2) is 0 Å². The molecule has 1 heterocycles. The lowest BCUT2D eigenvalue weighted by atomic mass is 9.63. The van der Waals surface area contributed by atoms with Crippen molar-refractivity contribution in [1.29, 1.82) is 0 Å². The lowest BCUT2D eigenvalue weighted by Crippen LogP contribution is -2.38. The molecule has 0 N–H and O–H groups in total. The van der Waals surface area contributed by atoms with E-state index in [-0.39, 0.29) is 35.5 Å². The van der Waals surface area contributed by atoms with Crippen LogP contribution in [-0.4, -0.2) is 23.0 Å². The number of allylic oxidation sites excluding steroid dienone is 2. The Morgan fingerprint density at radius 3 is 1.83 bits per heavy atom. The predicted octanol–water partition coefficient (Wildman–Crippen LogP) is 4.52. The van der Waals surface area contributed by atoms with Gasteiger partial charge in [0.1, 0.15) is 0 Å². The first kappa shape index (κ1) is 16.7. The second-order valence-corrected chi connectivity index (χ2v) is 8.31. The van der Waals surface area contributed by atoms with Crippen LogP contribution in [0.1, 0.15) is 18.4 Å². The zero-order valence-electron chi connectivity index (χ0n) is 15.9. The summed E-state index contributed by atoms with van der Waals surface area (Å²) in [6, 6.07) is 18.4. The van der Waals surface area contributed by atoms with Crippen molar-refractivity contribution in [3.8, 4) is 0 Å². The molecule has 29 heavy (non-hydrogen) atoms. The van der Waals surface area contributed by atoms with Crippen molar-refractivity contribution < 1.29 is 9.59 Å². The van der Waals surface area contributed by atoms with Gasteiger partial charge in [-0.2, -0.15) is 10.1 Å². The van der Waals surface area contributed by atoms with Gasteiger partial charge in [-0.05, 0) is 52.3 Å². The number of hydrogen-bond acceptors (Lipinski definition) is 3. The molecule has 142 valence electrons. The molecule has 4 atom stereocenters. The minimum atomic E-state index is -0.229. The number of carbonyl (C=O) groups excluding carboxylic acids is 2. The van der Waals surface area contributed by atoms with E-state index in [0.29, 0.717) is 0 Å². The van der Waals surface area contributed by atoms with Crippen LogP contribution in [0.15, 0.2) is 71.9 Å². The normalized spacial score (nSPS) is 28.2. The number of amides is 2. The van der Waals surface area contributed by atoms with Crippen molar-refractivity contribution in [2.75, 3.05) is 0 Å². The van der Waals surface area contributed by atoms with Gasteiger partial charge in [0.05, 0.1) is 18.1 Å². The van der Waals surface area contributed by atoms with E-state index >= 15 is 0 Å². The van der Waals surface area contributed by atoms with E-state index < -0.39 is 0 Å². The summed E-state index contributed by atoms with van der Waals surface area (Å²) in [6.07, 6.45) is 7.95. The van der Waals surface area contributed by atoms with Crippen molar-refractivity contribution in [3.63, 3.8) is 0 Å². The highest BCUT2D eigenvalue weighted by Crippen LogP contribution is 2.49. The van der Waals surface area contributed by atoms with Gasteiger partial charge >= 0.3 is 0 Å². The summed E-state index contributed by atoms with van der Waals surface area (Å²) < 4.78 is 0. The van der Waals surface area contributed by atoms with Crippen LogP contribution >= 0.6 is 0 Å². The Labute approximate surface area is 168 Å². The van der Waals surface area contributed by atoms with Crippen molar-refractivity contribution in [3.05, 3.63) is 72.3 Å². The van der Waals surface area contributed by atoms with Crippen LogP contribution in [0.4, 0.5) is 0 Å². The Bertz CT molecular complexity index is 1160. The van der Waals surface area contributed by atoms with Crippen molar-refractivity contribution in [1.82, 2.24) is 5.01 Å². The average molecular weight is 380 g/mol. The molecule has 4 aliphatic rings. The third-order valence-electron chi connectivity index (χ3n) is 6.85. The zero-order chi connectivity index (χ0) is 19.5. The van der Waals surface area contributed by atoms with Gasteiger partial charge in [0.25, 0.3) is 11.8 Å². The smallest absolute Gasteiger partial charge is 0.254 e. The summed E-state index contributed by atoms with van der Waals surface area (Å²) in [7, 11) is 0. The van der Waals surface area contributed by atoms with Gasteiger partial charge in [-0.25, -0.2) is 0 Å². The van der Waals surface area contributed by atoms with E-state index in [1.807, 2.05) is 24.3 Å². The summed E-state index contributed by atoms with van der Waals surface area (Å²) in [5.74, 6) is -0.375. The van der Waals surface area contributed by atoms with Gasteiger partial charge in [0, 0.05) is 5.56 Å². The minimum Gasteiger partial charge on any atom is -0.272 e. The number of fused-ring (bicyclic) bond motifs is 3. The third kappa shape index (κ3) is 2.35. The molecular weight excluding hydrogens is 360 g/mol. The maximum atomic E-state index is 13.0. The SMILES string of the molecule is O=C1[C@@H]2[C@H](C(=O)N1/N=C\c1c3ccccc3cc3ccccc13)[C@@H]1C=C[C@H]2CC1. The number of rotatable bonds is 2. The molecule has 1 saturated carbocycles. The van der Waals surface area contributed by atoms with Gasteiger partial charge in [-0.1, -0.05) is 60.7 Å². The number of hydrogen-bond donors (Lipinski definition) is 0. The number of imide groups is 1. The summed E-state index contributed by atoms with van der Waals surface area (Å²) in [5, 5.41) is 9.95. The molecule has 0 unspecified atom stereocenters. The van der Waals surface area contributed by atoms with E-state index in [1.54, 1.807) is 6.21 Å². The first-order valence-corrected chi connectivity index (χ1v) is 10.2. The molecule has 1 aliphatic heterocycles. The fraction of sp³-hybridized carbons (Fsp3) is 0.240. The van der Waals surface area contributed by atoms with Crippen LogP contribution in [-0.2, 0) is 9.59 Å². The molecule has 0 radical (unpaired) electrons. The largest absolute Gasteiger partial charge is 0.272 e. The summed E-state index contributed by atoms with van der Waals surface area (Å²) >= 11 is 0. The van der Waals surface area contributed by atoms with Crippen LogP contribution in [0.3, 0.4) is 0 Å². The van der Waals surface area contributed by atoms with Gasteiger partial charge in [-0.15, -0.1) is 0 Å². The van der Waals surface area contributed by atoms with Gasteiger partial charge in [0.2, 0.25) is 0 Å². The van der Waals surface area contributed by atoms with E-state index in [2.05, 4.69) is 47.6 Å². The standard InChI is InChI=1S/C25H20N2O2/c28-24-22-15-9-10-16(12-11-15)23(22)25(29)27(24)26-14-21-19-7-3-1-5-17(19)13-18-6-2-4-8-20(18)21/h1-10,13-16,22-23H,11-12H2/b26-14-/t15-,16+,22-,23+. The van der Waals surface area contributed by atoms with E-state index in [9.17, 15) is 9.59 Å². The monoisotopic (exact) mass is 380 g/mol. The number of carbonyl (C=O) groups is 2. The molecule has 4 nitrogen and oxygen atoms in total. The maximum Gasteiger partial charge on any atom is 0.254 e. The maximum absolute atomic E-state index is 13.0. The number of benzene rings is 3. The van der Waals surface area contributed by atoms with Crippen molar-refractivity contribution in [2.45, 2.75) is 12.8 Å². The fourth-order valence-corrected chi connectivity index (χ4v) is 5.48. The molecule has 2 fully saturated rings. The highest BCUT2D eigenvalue weighted by atomic mass is 16.2. The molecular formula is C25H20N2O2. The highest BCUT2D eigenvalue weighted by molar-refractivity contribution is 6.14. The molecule has 2 bridgehead atoms. The topological polar surface area (TPSA) is 49.7 Å². The molecule has 2 amide bonds. The van der Waals surface area contributed by atoms with Crippen LogP contribution < -0.4 is 0 Å². The second-order valence-electron chi connectivity index (χ2n) is 8.31. The molecule has 3 aromatic carbocycles. The Kier molecular flexibility index (Phi) is 3.51. The Hall–Kier alpha value is -3.27. The highest BCUT2D eigenvalue weighted by Gasteiger charge is 2.56. The average Bonchev–Trinajstić information content (AvgIpc) is 3.04. The third-order valence-corrected chi connectivity index (χ3v) is 6.85. The second kappa shape index (κ2) is 6.11. The lowest BCUT2D eigenvalue weighted by molar-refractivity contribution is -0.140. The fourth-order valence-electron chi connectivity index (χ4n) is 5.48. The molecule has 3 aromatic rings. The number of hydrazone groups is 1. The molecule has 1 saturated heterocycles. The van der Waals surface area contributed by atoms with Crippen LogP contribution in [0.2, 0.25) is 0 Å². The minimum absolute atomic E-state index is 0.139. The van der Waals surface area contributed by atoms with E-state index in [1.165, 1.54) is 0 Å². The summed E-state index contributed by atoms with van der Waals surface area (Å²) in [6.45, 7) is 0. The van der Waals surface area contributed by atoms with Gasteiger partial charge in [-0.3, -0.25) is 9.59 Å². The van der Waals surface area contributed by atoms with Gasteiger partial charge < -0.3 is 0 Å². The Balaban J connectivity index is 1.45. The quantitative estimate of drug-likeness (QED) is 0.284. The molecule has 0 spiro atoms. The summed E-state index contributed by atoms with van der Waals surface area (Å²) in [4.78, 5) is 26.1. The van der Waals surface area contributed by atoms with Crippen LogP contribution in [0.5, 0.6) is 0 Å². The molecule has 3 aliphatic carbocycles. The van der Waals surface area contributed by atoms with Crippen molar-refractivity contribution in [2.24, 2.45) is 28.8 Å². The van der Waals surface area contributed by atoms with E-state index in [0.717, 1.165) is 45.0 Å². The summed E-state index contributed by atoms with van der Waals surface area (Å²) in [5.41, 5.74) is 0.940. The lowest BCUT2D eigenvalue weighted by Gasteiger charge is -2.37. The molecule has 7 rings (SSSR count). The predicted molar refractivity (Wildman–Crippen MR) is 113 cm³/mol. The Morgan fingerprint density at radius 1 is 0.793 bits per heavy atom. The Morgan fingerprint density at radius 2 is 1.31 bits per heavy atom. The van der Waals surface area contributed by atoms with E-state index in [4.69, 9.17) is 0 Å². The zero-order valence-corrected chi connectivity index (χ0v) is 15.9. The molecule has 0 aromatic heterocycles. The van der Waals surface area contributed by atoms with Crippen LogP contribution in [0, 0.1) is 23.7 Å². The van der Waals surface area contributed by atoms with Crippen molar-refractivity contribution >= 4 is 39.6 Å².